The molecular weight excluding hydrogens is 328 g/mol. The van der Waals surface area contributed by atoms with Gasteiger partial charge < -0.3 is 4.57 Å². The van der Waals surface area contributed by atoms with Gasteiger partial charge in [-0.3, -0.25) is 0 Å². The lowest BCUT2D eigenvalue weighted by Gasteiger charge is -2.11. The minimum absolute atomic E-state index is 0.822. The first-order valence-corrected chi connectivity index (χ1v) is 9.33. The number of fused-ring (bicyclic) bond motifs is 2. The molecule has 0 aliphatic heterocycles. The van der Waals surface area contributed by atoms with Crippen LogP contribution in [0.1, 0.15) is 17.0 Å². The fourth-order valence-electron chi connectivity index (χ4n) is 3.82. The van der Waals surface area contributed by atoms with E-state index >= 15 is 0 Å². The van der Waals surface area contributed by atoms with Crippen LogP contribution >= 0.6 is 0 Å². The second kappa shape index (κ2) is 6.73. The molecule has 0 fully saturated rings. The maximum atomic E-state index is 4.97. The van der Waals surface area contributed by atoms with Gasteiger partial charge in [0.1, 0.15) is 5.82 Å². The Hall–Kier alpha value is -3.39. The second-order valence-corrected chi connectivity index (χ2v) is 6.90. The van der Waals surface area contributed by atoms with E-state index in [9.17, 15) is 0 Å². The molecule has 4 aromatic carbocycles. The molecule has 2 nitrogen and oxygen atoms in total. The van der Waals surface area contributed by atoms with E-state index < -0.39 is 0 Å². The van der Waals surface area contributed by atoms with Crippen LogP contribution in [-0.4, -0.2) is 9.55 Å². The third-order valence-electron chi connectivity index (χ3n) is 5.15. The molecule has 1 heterocycles. The van der Waals surface area contributed by atoms with Gasteiger partial charge in [-0.1, -0.05) is 84.9 Å². The third kappa shape index (κ3) is 3.00. The Morgan fingerprint density at radius 2 is 1.41 bits per heavy atom. The van der Waals surface area contributed by atoms with E-state index in [0.717, 1.165) is 24.3 Å². The van der Waals surface area contributed by atoms with Gasteiger partial charge in [0.05, 0.1) is 11.0 Å². The summed E-state index contributed by atoms with van der Waals surface area (Å²) in [6, 6.07) is 34.1. The molecule has 130 valence electrons. The summed E-state index contributed by atoms with van der Waals surface area (Å²) in [6.45, 7) is 0.835. The minimum Gasteiger partial charge on any atom is -0.323 e. The Balaban J connectivity index is 1.63. The maximum absolute atomic E-state index is 4.97. The summed E-state index contributed by atoms with van der Waals surface area (Å²) < 4.78 is 2.35. The van der Waals surface area contributed by atoms with Crippen LogP contribution in [-0.2, 0) is 13.0 Å². The van der Waals surface area contributed by atoms with Crippen LogP contribution in [0.15, 0.2) is 97.1 Å². The van der Waals surface area contributed by atoms with Crippen molar-refractivity contribution in [3.63, 3.8) is 0 Å². The zero-order valence-corrected chi connectivity index (χ0v) is 15.0. The molecule has 0 radical (unpaired) electrons. The molecule has 0 saturated heterocycles. The first kappa shape index (κ1) is 15.8. The van der Waals surface area contributed by atoms with Crippen molar-refractivity contribution in [1.29, 1.82) is 0 Å². The van der Waals surface area contributed by atoms with Crippen LogP contribution in [0.3, 0.4) is 0 Å². The molecule has 0 saturated carbocycles. The zero-order valence-electron chi connectivity index (χ0n) is 15.0. The monoisotopic (exact) mass is 348 g/mol. The maximum Gasteiger partial charge on any atom is 0.114 e. The van der Waals surface area contributed by atoms with Crippen molar-refractivity contribution in [2.24, 2.45) is 0 Å². The molecule has 0 bridgehead atoms. The van der Waals surface area contributed by atoms with Gasteiger partial charge in [-0.15, -0.1) is 0 Å². The predicted molar refractivity (Wildman–Crippen MR) is 112 cm³/mol. The molecule has 27 heavy (non-hydrogen) atoms. The molecule has 0 N–H and O–H groups in total. The number of imidazole rings is 1. The largest absolute Gasteiger partial charge is 0.323 e. The molecule has 0 aliphatic rings. The van der Waals surface area contributed by atoms with Gasteiger partial charge in [0, 0.05) is 13.0 Å². The predicted octanol–water partition coefficient (Wildman–Crippen LogP) is 5.83. The zero-order chi connectivity index (χ0) is 18.1. The summed E-state index contributed by atoms with van der Waals surface area (Å²) in [4.78, 5) is 4.97. The SMILES string of the molecule is c1ccc(Cn2c(Cc3cccc4ccccc34)nc3ccccc32)cc1. The summed E-state index contributed by atoms with van der Waals surface area (Å²) in [7, 11) is 0. The Bertz CT molecular complexity index is 1210. The Morgan fingerprint density at radius 3 is 2.33 bits per heavy atom. The number of rotatable bonds is 4. The van der Waals surface area contributed by atoms with E-state index in [0.29, 0.717) is 0 Å². The Labute approximate surface area is 158 Å². The van der Waals surface area contributed by atoms with Gasteiger partial charge in [-0.25, -0.2) is 4.98 Å². The fourth-order valence-corrected chi connectivity index (χ4v) is 3.82. The third-order valence-corrected chi connectivity index (χ3v) is 5.15. The van der Waals surface area contributed by atoms with Crippen molar-refractivity contribution in [2.45, 2.75) is 13.0 Å². The van der Waals surface area contributed by atoms with Gasteiger partial charge in [0.2, 0.25) is 0 Å². The van der Waals surface area contributed by atoms with Crippen molar-refractivity contribution in [2.75, 3.05) is 0 Å². The van der Waals surface area contributed by atoms with Crippen molar-refractivity contribution in [1.82, 2.24) is 9.55 Å². The van der Waals surface area contributed by atoms with E-state index in [-0.39, 0.29) is 0 Å². The quantitative estimate of drug-likeness (QED) is 0.400. The lowest BCUT2D eigenvalue weighted by molar-refractivity contribution is 0.763. The molecule has 2 heteroatoms. The minimum atomic E-state index is 0.822. The van der Waals surface area contributed by atoms with Gasteiger partial charge in [-0.2, -0.15) is 0 Å². The van der Waals surface area contributed by atoms with Crippen molar-refractivity contribution in [3.8, 4) is 0 Å². The number of aromatic nitrogens is 2. The van der Waals surface area contributed by atoms with E-state index in [1.807, 2.05) is 0 Å². The average Bonchev–Trinajstić information content (AvgIpc) is 3.06. The molecule has 0 spiro atoms. The van der Waals surface area contributed by atoms with E-state index in [4.69, 9.17) is 4.98 Å². The fraction of sp³-hybridized carbons (Fsp3) is 0.0800. The van der Waals surface area contributed by atoms with E-state index in [1.54, 1.807) is 0 Å². The molecule has 0 atom stereocenters. The lowest BCUT2D eigenvalue weighted by atomic mass is 10.0. The number of benzene rings is 4. The highest BCUT2D eigenvalue weighted by Crippen LogP contribution is 2.24. The number of nitrogens with zero attached hydrogens (tertiary/aromatic N) is 2. The lowest BCUT2D eigenvalue weighted by Crippen LogP contribution is -2.06. The average molecular weight is 348 g/mol. The molecule has 5 aromatic rings. The number of hydrogen-bond donors (Lipinski definition) is 0. The Kier molecular flexibility index (Phi) is 3.95. The first-order valence-electron chi connectivity index (χ1n) is 9.33. The number of hydrogen-bond acceptors (Lipinski definition) is 1. The molecular formula is C25H20N2. The molecule has 1 aromatic heterocycles. The standard InChI is InChI=1S/C25H20N2/c1-2-9-19(10-3-1)18-27-24-16-7-6-15-23(24)26-25(27)17-21-13-8-12-20-11-4-5-14-22(20)21/h1-16H,17-18H2. The van der Waals surface area contributed by atoms with E-state index in [2.05, 4.69) is 102 Å². The summed E-state index contributed by atoms with van der Waals surface area (Å²) in [5, 5.41) is 2.58. The Morgan fingerprint density at radius 1 is 0.667 bits per heavy atom. The van der Waals surface area contributed by atoms with Crippen LogP contribution < -0.4 is 0 Å². The van der Waals surface area contributed by atoms with Crippen LogP contribution in [0, 0.1) is 0 Å². The normalized spacial score (nSPS) is 11.3. The summed E-state index contributed by atoms with van der Waals surface area (Å²) in [5.41, 5.74) is 4.86. The van der Waals surface area contributed by atoms with Gasteiger partial charge in [-0.05, 0) is 34.0 Å². The van der Waals surface area contributed by atoms with Gasteiger partial charge >= 0.3 is 0 Å². The van der Waals surface area contributed by atoms with Crippen LogP contribution in [0.2, 0.25) is 0 Å². The summed E-state index contributed by atoms with van der Waals surface area (Å²) in [6.07, 6.45) is 0.822. The van der Waals surface area contributed by atoms with E-state index in [1.165, 1.54) is 27.4 Å². The van der Waals surface area contributed by atoms with Crippen LogP contribution in [0.25, 0.3) is 21.8 Å². The molecule has 0 unspecified atom stereocenters. The second-order valence-electron chi connectivity index (χ2n) is 6.90. The highest BCUT2D eigenvalue weighted by molar-refractivity contribution is 5.86. The van der Waals surface area contributed by atoms with Crippen LogP contribution in [0.4, 0.5) is 0 Å². The summed E-state index contributed by atoms with van der Waals surface area (Å²) in [5.74, 6) is 1.11. The highest BCUT2D eigenvalue weighted by atomic mass is 15.1. The van der Waals surface area contributed by atoms with Crippen molar-refractivity contribution in [3.05, 3.63) is 114 Å². The smallest absolute Gasteiger partial charge is 0.114 e. The van der Waals surface area contributed by atoms with Crippen LogP contribution in [0.5, 0.6) is 0 Å². The highest BCUT2D eigenvalue weighted by Gasteiger charge is 2.12. The molecule has 0 amide bonds. The van der Waals surface area contributed by atoms with Crippen molar-refractivity contribution < 1.29 is 0 Å². The van der Waals surface area contributed by atoms with Gasteiger partial charge in [0.15, 0.2) is 0 Å². The number of para-hydroxylation sites is 2. The topological polar surface area (TPSA) is 17.8 Å². The molecule has 0 aliphatic carbocycles. The first-order chi connectivity index (χ1) is 13.4. The summed E-state index contributed by atoms with van der Waals surface area (Å²) >= 11 is 0. The van der Waals surface area contributed by atoms with Crippen molar-refractivity contribution >= 4 is 21.8 Å². The molecule has 5 rings (SSSR count). The van der Waals surface area contributed by atoms with Gasteiger partial charge in [0.25, 0.3) is 0 Å².